The number of amides is 1. The van der Waals surface area contributed by atoms with Crippen molar-refractivity contribution in [1.82, 2.24) is 5.32 Å². The van der Waals surface area contributed by atoms with E-state index >= 15 is 0 Å². The third kappa shape index (κ3) is 5.52. The van der Waals surface area contributed by atoms with Gasteiger partial charge in [0.1, 0.15) is 5.75 Å². The molecule has 144 valence electrons. The number of phenolic OH excluding ortho intramolecular Hbond substituents is 1. The van der Waals surface area contributed by atoms with Gasteiger partial charge in [-0.25, -0.2) is 0 Å². The number of carbonyl (C=O) groups is 1. The number of nitrogens with one attached hydrogen (secondary N) is 1. The number of phenols is 1. The van der Waals surface area contributed by atoms with Gasteiger partial charge in [0.05, 0.1) is 17.2 Å². The number of halogens is 3. The minimum absolute atomic E-state index is 0.165. The Labute approximate surface area is 160 Å². The first-order valence-corrected chi connectivity index (χ1v) is 8.46. The van der Waals surface area contributed by atoms with E-state index in [0.29, 0.717) is 35.7 Å². The summed E-state index contributed by atoms with van der Waals surface area (Å²) in [4.78, 5) is 11.7. The van der Waals surface area contributed by atoms with E-state index in [-0.39, 0.29) is 17.9 Å². The van der Waals surface area contributed by atoms with Gasteiger partial charge in [-0.2, -0.15) is 18.4 Å². The molecule has 2 N–H and O–H groups in total. The Morgan fingerprint density at radius 3 is 2.46 bits per heavy atom. The molecule has 7 heteroatoms. The van der Waals surface area contributed by atoms with Crippen molar-refractivity contribution in [3.8, 4) is 23.7 Å². The lowest BCUT2D eigenvalue weighted by Gasteiger charge is -2.09. The van der Waals surface area contributed by atoms with Crippen LogP contribution in [0.2, 0.25) is 0 Å². The maximum Gasteiger partial charge on any atom is 0.417 e. The van der Waals surface area contributed by atoms with Crippen LogP contribution in [0.25, 0.3) is 0 Å². The van der Waals surface area contributed by atoms with Gasteiger partial charge >= 0.3 is 6.18 Å². The zero-order valence-corrected chi connectivity index (χ0v) is 15.0. The van der Waals surface area contributed by atoms with E-state index in [4.69, 9.17) is 5.26 Å². The van der Waals surface area contributed by atoms with E-state index in [9.17, 15) is 23.1 Å². The van der Waals surface area contributed by atoms with E-state index in [0.717, 1.165) is 12.1 Å². The van der Waals surface area contributed by atoms with Crippen molar-refractivity contribution >= 4 is 5.91 Å². The molecule has 28 heavy (non-hydrogen) atoms. The van der Waals surface area contributed by atoms with E-state index in [1.165, 1.54) is 6.07 Å². The third-order valence-corrected chi connectivity index (χ3v) is 3.87. The quantitative estimate of drug-likeness (QED) is 0.786. The average Bonchev–Trinajstić information content (AvgIpc) is 2.65. The molecular formula is C21H17F3N2O2. The number of aryl methyl sites for hydroxylation is 1. The van der Waals surface area contributed by atoms with Crippen LogP contribution in [-0.2, 0) is 17.4 Å². The number of nitriles is 1. The molecule has 0 aliphatic carbocycles. The molecular weight excluding hydrogens is 369 g/mol. The SMILES string of the molecule is CCNC(=O)CCc1cc(C#N)ccc1C#Cc1ccc(O)cc1C(F)(F)F. The fourth-order valence-corrected chi connectivity index (χ4v) is 2.54. The summed E-state index contributed by atoms with van der Waals surface area (Å²) in [6.07, 6.45) is -4.19. The highest BCUT2D eigenvalue weighted by Crippen LogP contribution is 2.33. The summed E-state index contributed by atoms with van der Waals surface area (Å²) < 4.78 is 39.5. The highest BCUT2D eigenvalue weighted by molar-refractivity contribution is 5.76. The molecule has 2 rings (SSSR count). The summed E-state index contributed by atoms with van der Waals surface area (Å²) in [5.41, 5.74) is 0.105. The lowest BCUT2D eigenvalue weighted by Crippen LogP contribution is -2.22. The van der Waals surface area contributed by atoms with E-state index in [1.54, 1.807) is 19.1 Å². The van der Waals surface area contributed by atoms with Gasteiger partial charge in [0.25, 0.3) is 0 Å². The van der Waals surface area contributed by atoms with Gasteiger partial charge in [-0.1, -0.05) is 11.8 Å². The molecule has 0 fully saturated rings. The number of hydrogen-bond donors (Lipinski definition) is 2. The summed E-state index contributed by atoms with van der Waals surface area (Å²) in [5.74, 6) is 4.52. The summed E-state index contributed by atoms with van der Waals surface area (Å²) in [5, 5.41) is 21.1. The predicted molar refractivity (Wildman–Crippen MR) is 97.3 cm³/mol. The fraction of sp³-hybridized carbons (Fsp3) is 0.238. The number of hydrogen-bond acceptors (Lipinski definition) is 3. The molecule has 0 heterocycles. The van der Waals surface area contributed by atoms with Crippen LogP contribution >= 0.6 is 0 Å². The maximum atomic E-state index is 13.2. The topological polar surface area (TPSA) is 73.1 Å². The largest absolute Gasteiger partial charge is 0.508 e. The van der Waals surface area contributed by atoms with Crippen molar-refractivity contribution in [3.63, 3.8) is 0 Å². The molecule has 0 unspecified atom stereocenters. The van der Waals surface area contributed by atoms with Gasteiger partial charge < -0.3 is 10.4 Å². The molecule has 0 saturated heterocycles. The van der Waals surface area contributed by atoms with Crippen LogP contribution in [0, 0.1) is 23.2 Å². The molecule has 0 atom stereocenters. The van der Waals surface area contributed by atoms with Crippen molar-refractivity contribution in [3.05, 3.63) is 64.2 Å². The van der Waals surface area contributed by atoms with Crippen molar-refractivity contribution in [2.75, 3.05) is 6.54 Å². The molecule has 0 aliphatic heterocycles. The summed E-state index contributed by atoms with van der Waals surface area (Å²) in [7, 11) is 0. The lowest BCUT2D eigenvalue weighted by molar-refractivity contribution is -0.137. The third-order valence-electron chi connectivity index (χ3n) is 3.87. The van der Waals surface area contributed by atoms with Crippen molar-refractivity contribution < 1.29 is 23.1 Å². The van der Waals surface area contributed by atoms with Gasteiger partial charge in [-0.3, -0.25) is 4.79 Å². The Morgan fingerprint density at radius 1 is 1.14 bits per heavy atom. The minimum Gasteiger partial charge on any atom is -0.508 e. The maximum absolute atomic E-state index is 13.2. The van der Waals surface area contributed by atoms with Gasteiger partial charge in [-0.05, 0) is 55.3 Å². The fourth-order valence-electron chi connectivity index (χ4n) is 2.54. The zero-order chi connectivity index (χ0) is 20.7. The Kier molecular flexibility index (Phi) is 6.68. The average molecular weight is 386 g/mol. The molecule has 0 saturated carbocycles. The van der Waals surface area contributed by atoms with Gasteiger partial charge in [0.15, 0.2) is 0 Å². The number of benzene rings is 2. The van der Waals surface area contributed by atoms with E-state index in [1.807, 2.05) is 6.07 Å². The number of aromatic hydroxyl groups is 1. The summed E-state index contributed by atoms with van der Waals surface area (Å²) in [6, 6.07) is 9.49. The molecule has 4 nitrogen and oxygen atoms in total. The highest BCUT2D eigenvalue weighted by Gasteiger charge is 2.33. The second kappa shape index (κ2) is 8.96. The Morgan fingerprint density at radius 2 is 1.82 bits per heavy atom. The molecule has 0 aromatic heterocycles. The van der Waals surface area contributed by atoms with Gasteiger partial charge in [0.2, 0.25) is 5.91 Å². The molecule has 0 bridgehead atoms. The molecule has 2 aromatic carbocycles. The summed E-state index contributed by atoms with van der Waals surface area (Å²) >= 11 is 0. The van der Waals surface area contributed by atoms with Crippen LogP contribution < -0.4 is 5.32 Å². The molecule has 1 amide bonds. The predicted octanol–water partition coefficient (Wildman–Crippen LogP) is 3.75. The van der Waals surface area contributed by atoms with Crippen molar-refractivity contribution in [2.24, 2.45) is 0 Å². The van der Waals surface area contributed by atoms with Crippen LogP contribution in [0.1, 0.15) is 41.2 Å². The monoisotopic (exact) mass is 386 g/mol. The molecule has 0 spiro atoms. The van der Waals surface area contributed by atoms with Crippen LogP contribution in [0.15, 0.2) is 36.4 Å². The molecule has 0 aliphatic rings. The number of alkyl halides is 3. The molecule has 2 aromatic rings. The Balaban J connectivity index is 2.40. The smallest absolute Gasteiger partial charge is 0.417 e. The van der Waals surface area contributed by atoms with E-state index < -0.39 is 17.5 Å². The van der Waals surface area contributed by atoms with E-state index in [2.05, 4.69) is 17.2 Å². The van der Waals surface area contributed by atoms with Gasteiger partial charge in [-0.15, -0.1) is 0 Å². The highest BCUT2D eigenvalue weighted by atomic mass is 19.4. The molecule has 0 radical (unpaired) electrons. The van der Waals surface area contributed by atoms with Crippen molar-refractivity contribution in [1.29, 1.82) is 5.26 Å². The second-order valence-corrected chi connectivity index (χ2v) is 5.91. The van der Waals surface area contributed by atoms with Crippen molar-refractivity contribution in [2.45, 2.75) is 25.9 Å². The van der Waals surface area contributed by atoms with Gasteiger partial charge in [0, 0.05) is 24.1 Å². The normalized spacial score (nSPS) is 10.5. The minimum atomic E-state index is -4.66. The number of carbonyl (C=O) groups excluding carboxylic acids is 1. The first kappa shape index (κ1) is 20.9. The van der Waals surface area contributed by atoms with Crippen LogP contribution in [0.3, 0.4) is 0 Å². The van der Waals surface area contributed by atoms with Crippen LogP contribution in [0.4, 0.5) is 13.2 Å². The number of nitrogens with zero attached hydrogens (tertiary/aromatic N) is 1. The number of rotatable bonds is 4. The summed E-state index contributed by atoms with van der Waals surface area (Å²) in [6.45, 7) is 2.28. The first-order chi connectivity index (χ1) is 13.2. The Hall–Kier alpha value is -3.45. The van der Waals surface area contributed by atoms with Crippen LogP contribution in [0.5, 0.6) is 5.75 Å². The standard InChI is InChI=1S/C21H17F3N2O2/c1-2-26-20(28)10-8-17-11-14(13-25)3-4-15(17)5-6-16-7-9-18(27)12-19(16)21(22,23)24/h3-4,7,9,11-12,27H,2,8,10H2,1H3,(H,26,28). The first-order valence-electron chi connectivity index (χ1n) is 8.46. The Bertz CT molecular complexity index is 980. The lowest BCUT2D eigenvalue weighted by atomic mass is 9.99. The second-order valence-electron chi connectivity index (χ2n) is 5.91. The zero-order valence-electron chi connectivity index (χ0n) is 15.0. The van der Waals surface area contributed by atoms with Crippen LogP contribution in [-0.4, -0.2) is 17.6 Å².